The third-order valence-electron chi connectivity index (χ3n) is 11.3. The van der Waals surface area contributed by atoms with E-state index in [1.54, 1.807) is 6.07 Å². The Labute approximate surface area is 223 Å². The van der Waals surface area contributed by atoms with E-state index < -0.39 is 23.2 Å². The Morgan fingerprint density at radius 3 is 2.66 bits per heavy atom. The zero-order valence-electron chi connectivity index (χ0n) is 22.0. The van der Waals surface area contributed by atoms with Gasteiger partial charge in [-0.05, 0) is 81.4 Å². The topological polar surface area (TPSA) is 90.3 Å². The average molecular weight is 519 g/mol. The van der Waals surface area contributed by atoms with E-state index in [0.717, 1.165) is 49.4 Å². The van der Waals surface area contributed by atoms with Crippen molar-refractivity contribution in [3.63, 3.8) is 0 Å². The van der Waals surface area contributed by atoms with Gasteiger partial charge < -0.3 is 14.9 Å². The number of nitrogens with zero attached hydrogens (tertiary/aromatic N) is 2. The Balaban J connectivity index is 1.19. The van der Waals surface area contributed by atoms with E-state index in [1.807, 2.05) is 6.07 Å². The normalized spacial score (nSPS) is 39.6. The minimum Gasteiger partial charge on any atom is -0.504 e. The zero-order valence-corrected chi connectivity index (χ0v) is 22.0. The molecule has 0 aromatic heterocycles. The van der Waals surface area contributed by atoms with Crippen LogP contribution in [0.3, 0.4) is 0 Å². The molecule has 5 fully saturated rings. The van der Waals surface area contributed by atoms with E-state index in [9.17, 15) is 19.8 Å². The molecule has 7 heteroatoms. The van der Waals surface area contributed by atoms with Gasteiger partial charge in [-0.1, -0.05) is 31.4 Å². The molecule has 1 aromatic carbocycles. The lowest BCUT2D eigenvalue weighted by Crippen LogP contribution is -2.78. The Kier molecular flexibility index (Phi) is 4.99. The van der Waals surface area contributed by atoms with Gasteiger partial charge in [0.25, 0.3) is 5.91 Å². The molecule has 4 aliphatic carbocycles. The van der Waals surface area contributed by atoms with Gasteiger partial charge in [-0.3, -0.25) is 19.4 Å². The lowest BCUT2D eigenvalue weighted by atomic mass is 9.48. The molecule has 3 aliphatic heterocycles. The van der Waals surface area contributed by atoms with Crippen LogP contribution in [-0.4, -0.2) is 68.7 Å². The van der Waals surface area contributed by atoms with Crippen molar-refractivity contribution in [2.24, 2.45) is 11.8 Å². The van der Waals surface area contributed by atoms with Gasteiger partial charge in [-0.25, -0.2) is 0 Å². The summed E-state index contributed by atoms with van der Waals surface area (Å²) in [7, 11) is 0. The predicted octanol–water partition coefficient (Wildman–Crippen LogP) is 3.59. The summed E-state index contributed by atoms with van der Waals surface area (Å²) >= 11 is 0. The van der Waals surface area contributed by atoms with E-state index >= 15 is 0 Å². The summed E-state index contributed by atoms with van der Waals surface area (Å²) in [6, 6.07) is 3.24. The minimum atomic E-state index is -1.01. The first-order valence-corrected chi connectivity index (χ1v) is 15.0. The number of phenolic OH excluding ortho intramolecular Hbond substituents is 1. The van der Waals surface area contributed by atoms with E-state index in [-0.39, 0.29) is 30.0 Å². The molecule has 38 heavy (non-hydrogen) atoms. The number of ether oxygens (including phenoxy) is 1. The van der Waals surface area contributed by atoms with Crippen LogP contribution in [-0.2, 0) is 21.4 Å². The highest BCUT2D eigenvalue weighted by Crippen LogP contribution is 2.66. The summed E-state index contributed by atoms with van der Waals surface area (Å²) < 4.78 is 6.62. The Morgan fingerprint density at radius 2 is 1.87 bits per heavy atom. The first kappa shape index (κ1) is 23.5. The van der Waals surface area contributed by atoms with Gasteiger partial charge in [0.05, 0.1) is 23.5 Å². The van der Waals surface area contributed by atoms with Crippen LogP contribution < -0.4 is 4.74 Å². The lowest BCUT2D eigenvalue weighted by Gasteiger charge is -2.64. The van der Waals surface area contributed by atoms with Crippen molar-refractivity contribution in [2.45, 2.75) is 106 Å². The molecule has 2 N–H and O–H groups in total. The number of aromatic hydroxyl groups is 1. The molecule has 3 heterocycles. The second kappa shape index (κ2) is 8.07. The van der Waals surface area contributed by atoms with Crippen LogP contribution in [0.1, 0.15) is 81.8 Å². The second-order valence-electron chi connectivity index (χ2n) is 13.2. The molecule has 8 rings (SSSR count). The number of hydrogen-bond donors (Lipinski definition) is 2. The summed E-state index contributed by atoms with van der Waals surface area (Å²) in [6.45, 7) is 1.88. The number of benzene rings is 1. The Morgan fingerprint density at radius 1 is 1.05 bits per heavy atom. The quantitative estimate of drug-likeness (QED) is 0.468. The monoisotopic (exact) mass is 518 g/mol. The van der Waals surface area contributed by atoms with Crippen LogP contribution in [0.2, 0.25) is 0 Å². The molecule has 1 aromatic rings. The fraction of sp³-hybridized carbons (Fsp3) is 0.677. The molecular formula is C31H38N2O5. The Bertz CT molecular complexity index is 1250. The largest absolute Gasteiger partial charge is 0.504 e. The predicted molar refractivity (Wildman–Crippen MR) is 140 cm³/mol. The third kappa shape index (κ3) is 3.03. The summed E-state index contributed by atoms with van der Waals surface area (Å²) in [4.78, 5) is 31.2. The van der Waals surface area contributed by atoms with Crippen LogP contribution in [0.15, 0.2) is 23.8 Å². The molecule has 3 saturated carbocycles. The van der Waals surface area contributed by atoms with Crippen molar-refractivity contribution < 1.29 is 24.5 Å². The van der Waals surface area contributed by atoms with E-state index in [2.05, 4.69) is 11.0 Å². The number of aliphatic hydroxyl groups is 1. The highest BCUT2D eigenvalue weighted by molar-refractivity contribution is 6.13. The number of piperidine rings is 1. The molecule has 1 spiro atoms. The fourth-order valence-corrected chi connectivity index (χ4v) is 9.36. The number of imide groups is 1. The number of likely N-dealkylation sites (tertiary alicyclic amines) is 2. The molecule has 2 saturated heterocycles. The van der Waals surface area contributed by atoms with Crippen molar-refractivity contribution in [1.82, 2.24) is 9.80 Å². The van der Waals surface area contributed by atoms with Crippen LogP contribution in [0.4, 0.5) is 0 Å². The maximum absolute atomic E-state index is 13.8. The van der Waals surface area contributed by atoms with Gasteiger partial charge in [0.2, 0.25) is 5.91 Å². The lowest BCUT2D eigenvalue weighted by molar-refractivity contribution is -0.201. The number of amides is 2. The smallest absolute Gasteiger partial charge is 0.256 e. The molecule has 7 aliphatic rings. The van der Waals surface area contributed by atoms with Gasteiger partial charge in [-0.15, -0.1) is 0 Å². The van der Waals surface area contributed by atoms with Crippen LogP contribution in [0.5, 0.6) is 11.5 Å². The van der Waals surface area contributed by atoms with E-state index in [1.165, 1.54) is 37.0 Å². The molecule has 7 nitrogen and oxygen atoms in total. The molecule has 2 bridgehead atoms. The number of phenols is 1. The van der Waals surface area contributed by atoms with Gasteiger partial charge in [0.15, 0.2) is 11.5 Å². The summed E-state index contributed by atoms with van der Waals surface area (Å²) in [5, 5.41) is 23.5. The standard InChI is InChI=1S/C31H38N2O5/c34-23-9-8-20-15-24-31(37)11-10-22(33-25(35)16-21(29(33)36)14-18-4-2-1-3-5-18)28-30(31,26(20)27(23)38-28)12-13-32(24)17-19-6-7-19/h8-9,14,18-19,22,24,28,34,37H,1-7,10-13,15-17H2/b21-14+/t22-,24+,28+,30+,31-/m1/s1. The van der Waals surface area contributed by atoms with Crippen molar-refractivity contribution in [2.75, 3.05) is 13.1 Å². The third-order valence-corrected chi connectivity index (χ3v) is 11.3. The van der Waals surface area contributed by atoms with Crippen molar-refractivity contribution >= 4 is 11.8 Å². The van der Waals surface area contributed by atoms with E-state index in [4.69, 9.17) is 4.74 Å². The van der Waals surface area contributed by atoms with Gasteiger partial charge in [0, 0.05) is 23.7 Å². The molecule has 0 radical (unpaired) electrons. The molecule has 2 amide bonds. The van der Waals surface area contributed by atoms with Crippen molar-refractivity contribution in [1.29, 1.82) is 0 Å². The van der Waals surface area contributed by atoms with Gasteiger partial charge >= 0.3 is 0 Å². The van der Waals surface area contributed by atoms with Crippen molar-refractivity contribution in [3.05, 3.63) is 34.9 Å². The SMILES string of the molecule is O=C1C/C(=C\C2CCCCC2)C(=O)N1[C@@H]1CC[C@@]2(O)[C@@H]3Cc4ccc(O)c5c4[C@@]2(CCN3CC2CC2)[C@H]1O5. The van der Waals surface area contributed by atoms with Gasteiger partial charge in [0.1, 0.15) is 6.10 Å². The van der Waals surface area contributed by atoms with Crippen LogP contribution in [0.25, 0.3) is 0 Å². The highest BCUT2D eigenvalue weighted by atomic mass is 16.5. The summed E-state index contributed by atoms with van der Waals surface area (Å²) in [5.41, 5.74) is 0.973. The van der Waals surface area contributed by atoms with E-state index in [0.29, 0.717) is 36.5 Å². The molecule has 5 atom stereocenters. The maximum atomic E-state index is 13.8. The number of carbonyl (C=O) groups is 2. The highest BCUT2D eigenvalue weighted by Gasteiger charge is 2.74. The maximum Gasteiger partial charge on any atom is 0.256 e. The molecule has 202 valence electrons. The first-order valence-electron chi connectivity index (χ1n) is 15.0. The zero-order chi connectivity index (χ0) is 25.8. The summed E-state index contributed by atoms with van der Waals surface area (Å²) in [6.07, 6.45) is 12.5. The second-order valence-corrected chi connectivity index (χ2v) is 13.2. The fourth-order valence-electron chi connectivity index (χ4n) is 9.36. The number of hydrogen-bond acceptors (Lipinski definition) is 6. The summed E-state index contributed by atoms with van der Waals surface area (Å²) in [5.74, 6) is 1.34. The van der Waals surface area contributed by atoms with Crippen LogP contribution >= 0.6 is 0 Å². The van der Waals surface area contributed by atoms with Crippen LogP contribution in [0, 0.1) is 11.8 Å². The molecular weight excluding hydrogens is 480 g/mol. The first-order chi connectivity index (χ1) is 18.4. The minimum absolute atomic E-state index is 0.0152. The number of rotatable bonds is 4. The molecule has 0 unspecified atom stereocenters. The van der Waals surface area contributed by atoms with Gasteiger partial charge in [-0.2, -0.15) is 0 Å². The number of carbonyl (C=O) groups excluding carboxylic acids is 2. The van der Waals surface area contributed by atoms with Crippen molar-refractivity contribution in [3.8, 4) is 11.5 Å². The Hall–Kier alpha value is -2.38. The average Bonchev–Trinajstić information content (AvgIpc) is 3.59. The number of allylic oxidation sites excluding steroid dienone is 1.